The van der Waals surface area contributed by atoms with Crippen LogP contribution in [-0.2, 0) is 14.8 Å². The fourth-order valence-electron chi connectivity index (χ4n) is 3.30. The molecule has 8 nitrogen and oxygen atoms in total. The first-order valence-corrected chi connectivity index (χ1v) is 10.1. The molecule has 0 spiro atoms. The van der Waals surface area contributed by atoms with E-state index in [4.69, 9.17) is 10.3 Å². The van der Waals surface area contributed by atoms with E-state index >= 15 is 0 Å². The van der Waals surface area contributed by atoms with Crippen LogP contribution in [0.25, 0.3) is 0 Å². The zero-order valence-corrected chi connectivity index (χ0v) is 17.5. The number of nitrogens with two attached hydrogens (primary N) is 1. The highest BCUT2D eigenvalue weighted by molar-refractivity contribution is 7.89. The maximum atomic E-state index is 12.9. The van der Waals surface area contributed by atoms with Crippen molar-refractivity contribution in [1.82, 2.24) is 14.4 Å². The van der Waals surface area contributed by atoms with Crippen LogP contribution in [0.1, 0.15) is 44.6 Å². The molecule has 1 saturated heterocycles. The molecule has 150 valence electrons. The van der Waals surface area contributed by atoms with E-state index in [1.54, 1.807) is 25.7 Å². The van der Waals surface area contributed by atoms with Crippen LogP contribution >= 0.6 is 12.4 Å². The quantitative estimate of drug-likeness (QED) is 0.789. The van der Waals surface area contributed by atoms with Gasteiger partial charge >= 0.3 is 0 Å². The summed E-state index contributed by atoms with van der Waals surface area (Å²) in [6.45, 7) is 8.35. The Morgan fingerprint density at radius 3 is 2.46 bits per heavy atom. The van der Waals surface area contributed by atoms with E-state index in [1.165, 1.54) is 4.31 Å². The summed E-state index contributed by atoms with van der Waals surface area (Å²) in [5.74, 6) is 0.165. The highest BCUT2D eigenvalue weighted by Gasteiger charge is 2.36. The molecule has 0 radical (unpaired) electrons. The van der Waals surface area contributed by atoms with Crippen LogP contribution in [0.3, 0.4) is 0 Å². The molecule has 2 rings (SSSR count). The van der Waals surface area contributed by atoms with Crippen molar-refractivity contribution >= 4 is 28.3 Å². The molecule has 2 heterocycles. The van der Waals surface area contributed by atoms with Crippen molar-refractivity contribution in [3.05, 3.63) is 11.5 Å². The van der Waals surface area contributed by atoms with Crippen LogP contribution in [0, 0.1) is 13.8 Å². The maximum Gasteiger partial charge on any atom is 0.248 e. The third-order valence-corrected chi connectivity index (χ3v) is 6.71. The van der Waals surface area contributed by atoms with E-state index < -0.39 is 15.6 Å². The summed E-state index contributed by atoms with van der Waals surface area (Å²) in [6, 6.07) is 0. The standard InChI is InChI=1S/C16H28N4O4S.ClH/c1-5-7-16(4,17)15(21)19-8-6-9-20(11-10-19)25(22,23)14-12(2)18-24-13(14)3;/h5-11,17H2,1-4H3;1H. The Bertz CT molecular complexity index is 713. The van der Waals surface area contributed by atoms with Gasteiger partial charge in [-0.05, 0) is 33.6 Å². The average molecular weight is 409 g/mol. The first-order chi connectivity index (χ1) is 11.6. The fourth-order valence-corrected chi connectivity index (χ4v) is 5.06. The van der Waals surface area contributed by atoms with Crippen LogP contribution < -0.4 is 5.73 Å². The van der Waals surface area contributed by atoms with Crippen molar-refractivity contribution in [3.63, 3.8) is 0 Å². The molecule has 10 heteroatoms. The van der Waals surface area contributed by atoms with Gasteiger partial charge in [0.25, 0.3) is 0 Å². The second kappa shape index (κ2) is 8.69. The van der Waals surface area contributed by atoms with E-state index in [1.807, 2.05) is 6.92 Å². The van der Waals surface area contributed by atoms with Gasteiger partial charge in [0, 0.05) is 26.2 Å². The van der Waals surface area contributed by atoms with Gasteiger partial charge < -0.3 is 15.2 Å². The highest BCUT2D eigenvalue weighted by atomic mass is 35.5. The molecule has 0 aromatic carbocycles. The highest BCUT2D eigenvalue weighted by Crippen LogP contribution is 2.24. The average Bonchev–Trinajstić information content (AvgIpc) is 2.75. The lowest BCUT2D eigenvalue weighted by molar-refractivity contribution is -0.136. The summed E-state index contributed by atoms with van der Waals surface area (Å²) in [7, 11) is -3.69. The minimum absolute atomic E-state index is 0. The number of aryl methyl sites for hydroxylation is 2. The van der Waals surface area contributed by atoms with Crippen LogP contribution in [0.5, 0.6) is 0 Å². The molecule has 1 aliphatic heterocycles. The topological polar surface area (TPSA) is 110 Å². The van der Waals surface area contributed by atoms with Gasteiger partial charge in [-0.25, -0.2) is 8.42 Å². The number of halogens is 1. The molecule has 0 aliphatic carbocycles. The summed E-state index contributed by atoms with van der Waals surface area (Å²) in [4.78, 5) is 14.5. The van der Waals surface area contributed by atoms with Gasteiger partial charge in [-0.15, -0.1) is 12.4 Å². The van der Waals surface area contributed by atoms with Crippen molar-refractivity contribution in [1.29, 1.82) is 0 Å². The summed E-state index contributed by atoms with van der Waals surface area (Å²) in [5.41, 5.74) is 5.59. The number of rotatable bonds is 5. The zero-order chi connectivity index (χ0) is 18.8. The molecule has 1 aromatic heterocycles. The molecule has 26 heavy (non-hydrogen) atoms. The molecule has 1 amide bonds. The predicted molar refractivity (Wildman–Crippen MR) is 101 cm³/mol. The second-order valence-corrected chi connectivity index (χ2v) is 8.75. The number of amides is 1. The summed E-state index contributed by atoms with van der Waals surface area (Å²) >= 11 is 0. The summed E-state index contributed by atoms with van der Waals surface area (Å²) < 4.78 is 32.2. The lowest BCUT2D eigenvalue weighted by Crippen LogP contribution is -2.54. The third kappa shape index (κ3) is 4.57. The number of carbonyl (C=O) groups excluding carboxylic acids is 1. The number of carbonyl (C=O) groups is 1. The molecule has 1 aromatic rings. The van der Waals surface area contributed by atoms with E-state index in [9.17, 15) is 13.2 Å². The Morgan fingerprint density at radius 1 is 1.27 bits per heavy atom. The lowest BCUT2D eigenvalue weighted by atomic mass is 9.95. The predicted octanol–water partition coefficient (Wildman–Crippen LogP) is 1.45. The van der Waals surface area contributed by atoms with Crippen LogP contribution in [0.4, 0.5) is 0 Å². The molecule has 2 N–H and O–H groups in total. The van der Waals surface area contributed by atoms with Crippen LogP contribution in [0.15, 0.2) is 9.42 Å². The van der Waals surface area contributed by atoms with Crippen molar-refractivity contribution < 1.29 is 17.7 Å². The van der Waals surface area contributed by atoms with E-state index in [0.29, 0.717) is 38.2 Å². The molecular formula is C16H29ClN4O4S. The Hall–Kier alpha value is -1.16. The Morgan fingerprint density at radius 2 is 1.92 bits per heavy atom. The zero-order valence-electron chi connectivity index (χ0n) is 15.8. The Kier molecular flexibility index (Phi) is 7.64. The molecular weight excluding hydrogens is 380 g/mol. The number of hydrogen-bond acceptors (Lipinski definition) is 6. The SMILES string of the molecule is CCCC(C)(N)C(=O)N1CCCN(S(=O)(=O)c2c(C)noc2C)CC1.Cl. The van der Waals surface area contributed by atoms with Crippen LogP contribution in [-0.4, -0.2) is 60.4 Å². The third-order valence-electron chi connectivity index (χ3n) is 4.57. The second-order valence-electron chi connectivity index (χ2n) is 6.87. The monoisotopic (exact) mass is 408 g/mol. The molecule has 1 atom stereocenters. The summed E-state index contributed by atoms with van der Waals surface area (Å²) in [6.07, 6.45) is 1.99. The van der Waals surface area contributed by atoms with Gasteiger partial charge in [-0.3, -0.25) is 4.79 Å². The number of nitrogens with zero attached hydrogens (tertiary/aromatic N) is 3. The number of hydrogen-bond donors (Lipinski definition) is 1. The molecule has 1 aliphatic rings. The van der Waals surface area contributed by atoms with Crippen molar-refractivity contribution in [2.24, 2.45) is 5.73 Å². The largest absolute Gasteiger partial charge is 0.360 e. The maximum absolute atomic E-state index is 12.9. The Labute approximate surface area is 161 Å². The lowest BCUT2D eigenvalue weighted by Gasteiger charge is -2.31. The molecule has 0 saturated carbocycles. The van der Waals surface area contributed by atoms with Gasteiger partial charge in [0.15, 0.2) is 5.76 Å². The van der Waals surface area contributed by atoms with Crippen molar-refractivity contribution in [2.75, 3.05) is 26.2 Å². The van der Waals surface area contributed by atoms with Crippen molar-refractivity contribution in [3.8, 4) is 0 Å². The van der Waals surface area contributed by atoms with Crippen LogP contribution in [0.2, 0.25) is 0 Å². The molecule has 1 unspecified atom stereocenters. The Balaban J connectivity index is 0.00000338. The first-order valence-electron chi connectivity index (χ1n) is 8.62. The fraction of sp³-hybridized carbons (Fsp3) is 0.750. The van der Waals surface area contributed by atoms with E-state index in [0.717, 1.165) is 6.42 Å². The van der Waals surface area contributed by atoms with E-state index in [-0.39, 0.29) is 35.5 Å². The van der Waals surface area contributed by atoms with Gasteiger partial charge in [-0.1, -0.05) is 18.5 Å². The van der Waals surface area contributed by atoms with Crippen molar-refractivity contribution in [2.45, 2.75) is 57.4 Å². The number of aromatic nitrogens is 1. The van der Waals surface area contributed by atoms with E-state index in [2.05, 4.69) is 5.16 Å². The summed E-state index contributed by atoms with van der Waals surface area (Å²) in [5, 5.41) is 3.73. The molecule has 1 fully saturated rings. The van der Waals surface area contributed by atoms with Gasteiger partial charge in [0.05, 0.1) is 5.54 Å². The van der Waals surface area contributed by atoms with Gasteiger partial charge in [0.1, 0.15) is 10.6 Å². The van der Waals surface area contributed by atoms with Gasteiger partial charge in [0.2, 0.25) is 15.9 Å². The minimum Gasteiger partial charge on any atom is -0.360 e. The molecule has 0 bridgehead atoms. The first kappa shape index (κ1) is 22.9. The smallest absolute Gasteiger partial charge is 0.248 e. The number of sulfonamides is 1. The van der Waals surface area contributed by atoms with Gasteiger partial charge in [-0.2, -0.15) is 4.31 Å². The normalized spacial score (nSPS) is 18.7. The minimum atomic E-state index is -3.69.